The van der Waals surface area contributed by atoms with Crippen molar-refractivity contribution in [2.24, 2.45) is 0 Å². The summed E-state index contributed by atoms with van der Waals surface area (Å²) in [5, 5.41) is 3.40. The van der Waals surface area contributed by atoms with Crippen molar-refractivity contribution in [2.75, 3.05) is 25.6 Å². The van der Waals surface area contributed by atoms with E-state index in [2.05, 4.69) is 18.3 Å². The smallest absolute Gasteiger partial charge is 0.162 e. The van der Waals surface area contributed by atoms with E-state index < -0.39 is 0 Å². The fourth-order valence-corrected chi connectivity index (χ4v) is 3.18. The zero-order chi connectivity index (χ0) is 17.9. The molecule has 0 atom stereocenters. The second-order valence-corrected chi connectivity index (χ2v) is 6.08. The molecule has 5 heteroatoms. The maximum atomic E-state index is 5.93. The number of nitrogens with zero attached hydrogens (tertiary/aromatic N) is 2. The van der Waals surface area contributed by atoms with Gasteiger partial charge in [0.15, 0.2) is 5.82 Å². The minimum atomic E-state index is 0.619. The molecule has 1 aliphatic rings. The van der Waals surface area contributed by atoms with Gasteiger partial charge < -0.3 is 14.8 Å². The molecular weight excluding hydrogens is 326 g/mol. The summed E-state index contributed by atoms with van der Waals surface area (Å²) in [4.78, 5) is 9.71. The van der Waals surface area contributed by atoms with E-state index in [0.29, 0.717) is 12.4 Å². The van der Waals surface area contributed by atoms with Gasteiger partial charge in [-0.05, 0) is 43.3 Å². The summed E-state index contributed by atoms with van der Waals surface area (Å²) in [5.74, 6) is 3.25. The summed E-state index contributed by atoms with van der Waals surface area (Å²) < 4.78 is 11.2. The highest BCUT2D eigenvalue weighted by Crippen LogP contribution is 2.37. The lowest BCUT2D eigenvalue weighted by Crippen LogP contribution is -2.09. The highest BCUT2D eigenvalue weighted by Gasteiger charge is 2.22. The van der Waals surface area contributed by atoms with Crippen molar-refractivity contribution >= 4 is 5.82 Å². The van der Waals surface area contributed by atoms with Gasteiger partial charge >= 0.3 is 0 Å². The van der Waals surface area contributed by atoms with E-state index in [1.54, 1.807) is 7.11 Å². The molecule has 2 heterocycles. The number of rotatable bonds is 4. The molecular formula is C21H21N3O2. The van der Waals surface area contributed by atoms with Crippen LogP contribution in [0, 0.1) is 0 Å². The minimum Gasteiger partial charge on any atom is -0.497 e. The van der Waals surface area contributed by atoms with Crippen molar-refractivity contribution in [1.82, 2.24) is 9.97 Å². The minimum absolute atomic E-state index is 0.619. The Balaban J connectivity index is 1.90. The van der Waals surface area contributed by atoms with E-state index >= 15 is 0 Å². The second-order valence-electron chi connectivity index (χ2n) is 6.08. The Labute approximate surface area is 153 Å². The molecule has 26 heavy (non-hydrogen) atoms. The van der Waals surface area contributed by atoms with Gasteiger partial charge in [-0.25, -0.2) is 9.97 Å². The maximum absolute atomic E-state index is 5.93. The van der Waals surface area contributed by atoms with Gasteiger partial charge in [0.05, 0.1) is 19.4 Å². The molecule has 0 aliphatic carbocycles. The lowest BCUT2D eigenvalue weighted by Gasteiger charge is -2.14. The third-order valence-corrected chi connectivity index (χ3v) is 4.45. The Kier molecular flexibility index (Phi) is 4.44. The van der Waals surface area contributed by atoms with Crippen molar-refractivity contribution < 1.29 is 9.47 Å². The topological polar surface area (TPSA) is 56.3 Å². The summed E-state index contributed by atoms with van der Waals surface area (Å²) in [5.41, 5.74) is 4.01. The Morgan fingerprint density at radius 2 is 1.88 bits per heavy atom. The lowest BCUT2D eigenvalue weighted by atomic mass is 10.0. The number of aromatic nitrogens is 2. The standard InChI is InChI=1S/C21H21N3O2/c1-3-22-21-17-12-13-26-18-7-5-4-6-16(18)19(17)23-20(24-21)14-8-10-15(25-2)11-9-14/h4-11H,3,12-13H2,1-2H3,(H,22,23,24). The van der Waals surface area contributed by atoms with Crippen molar-refractivity contribution in [1.29, 1.82) is 0 Å². The third-order valence-electron chi connectivity index (χ3n) is 4.45. The molecule has 132 valence electrons. The predicted molar refractivity (Wildman–Crippen MR) is 103 cm³/mol. The van der Waals surface area contributed by atoms with Crippen LogP contribution in [0.4, 0.5) is 5.82 Å². The number of nitrogens with one attached hydrogen (secondary N) is 1. The molecule has 1 N–H and O–H groups in total. The molecule has 0 fully saturated rings. The number of para-hydroxylation sites is 1. The van der Waals surface area contributed by atoms with Crippen LogP contribution >= 0.6 is 0 Å². The zero-order valence-electron chi connectivity index (χ0n) is 15.0. The first-order chi connectivity index (χ1) is 12.8. The van der Waals surface area contributed by atoms with E-state index in [4.69, 9.17) is 19.4 Å². The van der Waals surface area contributed by atoms with Crippen molar-refractivity contribution in [2.45, 2.75) is 13.3 Å². The molecule has 0 saturated carbocycles. The van der Waals surface area contributed by atoms with E-state index in [-0.39, 0.29) is 0 Å². The number of hydrogen-bond acceptors (Lipinski definition) is 5. The molecule has 3 aromatic rings. The first-order valence-electron chi connectivity index (χ1n) is 8.81. The molecule has 0 amide bonds. The number of anilines is 1. The van der Waals surface area contributed by atoms with Gasteiger partial charge in [0, 0.05) is 29.7 Å². The van der Waals surface area contributed by atoms with Gasteiger partial charge in [-0.1, -0.05) is 12.1 Å². The average Bonchev–Trinajstić information content (AvgIpc) is 2.88. The fraction of sp³-hybridized carbons (Fsp3) is 0.238. The van der Waals surface area contributed by atoms with Crippen LogP contribution in [0.2, 0.25) is 0 Å². The molecule has 5 nitrogen and oxygen atoms in total. The second kappa shape index (κ2) is 7.04. The molecule has 0 saturated heterocycles. The van der Waals surface area contributed by atoms with Crippen LogP contribution in [0.15, 0.2) is 48.5 Å². The van der Waals surface area contributed by atoms with Gasteiger partial charge in [-0.2, -0.15) is 0 Å². The highest BCUT2D eigenvalue weighted by atomic mass is 16.5. The zero-order valence-corrected chi connectivity index (χ0v) is 15.0. The predicted octanol–water partition coefficient (Wildman–Crippen LogP) is 4.19. The third kappa shape index (κ3) is 2.96. The lowest BCUT2D eigenvalue weighted by molar-refractivity contribution is 0.326. The van der Waals surface area contributed by atoms with E-state index in [1.165, 1.54) is 0 Å². The number of hydrogen-bond donors (Lipinski definition) is 1. The number of fused-ring (bicyclic) bond motifs is 3. The first kappa shape index (κ1) is 16.4. The van der Waals surface area contributed by atoms with Crippen LogP contribution in [-0.4, -0.2) is 30.2 Å². The monoisotopic (exact) mass is 347 g/mol. The summed E-state index contributed by atoms with van der Waals surface area (Å²) in [7, 11) is 1.66. The maximum Gasteiger partial charge on any atom is 0.162 e. The van der Waals surface area contributed by atoms with E-state index in [9.17, 15) is 0 Å². The summed E-state index contributed by atoms with van der Waals surface area (Å²) in [6.45, 7) is 3.49. The van der Waals surface area contributed by atoms with Gasteiger partial charge in [0.1, 0.15) is 17.3 Å². The fourth-order valence-electron chi connectivity index (χ4n) is 3.18. The average molecular weight is 347 g/mol. The summed E-state index contributed by atoms with van der Waals surface area (Å²) in [6, 6.07) is 15.9. The van der Waals surface area contributed by atoms with Crippen LogP contribution in [0.1, 0.15) is 12.5 Å². The Morgan fingerprint density at radius 1 is 1.08 bits per heavy atom. The SMILES string of the molecule is CCNc1nc(-c2ccc(OC)cc2)nc2c1CCOc1ccccc1-2. The number of methoxy groups -OCH3 is 1. The largest absolute Gasteiger partial charge is 0.497 e. The Morgan fingerprint density at radius 3 is 2.65 bits per heavy atom. The van der Waals surface area contributed by atoms with Gasteiger partial charge in [0.25, 0.3) is 0 Å². The molecule has 2 aromatic carbocycles. The van der Waals surface area contributed by atoms with Crippen LogP contribution in [0.25, 0.3) is 22.6 Å². The molecule has 0 spiro atoms. The number of ether oxygens (including phenoxy) is 2. The Hall–Kier alpha value is -3.08. The normalized spacial score (nSPS) is 12.4. The van der Waals surface area contributed by atoms with E-state index in [0.717, 1.165) is 52.7 Å². The highest BCUT2D eigenvalue weighted by molar-refractivity contribution is 5.77. The first-order valence-corrected chi connectivity index (χ1v) is 8.81. The van der Waals surface area contributed by atoms with Gasteiger partial charge in [0.2, 0.25) is 0 Å². The molecule has 0 bridgehead atoms. The van der Waals surface area contributed by atoms with Gasteiger partial charge in [-0.15, -0.1) is 0 Å². The van der Waals surface area contributed by atoms with Crippen LogP contribution in [0.3, 0.4) is 0 Å². The van der Waals surface area contributed by atoms with Gasteiger partial charge in [-0.3, -0.25) is 0 Å². The number of benzene rings is 2. The molecule has 0 unspecified atom stereocenters. The van der Waals surface area contributed by atoms with Crippen molar-refractivity contribution in [3.05, 3.63) is 54.1 Å². The summed E-state index contributed by atoms with van der Waals surface area (Å²) in [6.07, 6.45) is 0.773. The van der Waals surface area contributed by atoms with Crippen LogP contribution in [0.5, 0.6) is 11.5 Å². The molecule has 4 rings (SSSR count). The van der Waals surface area contributed by atoms with Crippen molar-refractivity contribution in [3.63, 3.8) is 0 Å². The molecule has 0 radical (unpaired) electrons. The quantitative estimate of drug-likeness (QED) is 0.767. The summed E-state index contributed by atoms with van der Waals surface area (Å²) >= 11 is 0. The van der Waals surface area contributed by atoms with Crippen molar-refractivity contribution in [3.8, 4) is 34.1 Å². The van der Waals surface area contributed by atoms with Crippen LogP contribution in [-0.2, 0) is 6.42 Å². The van der Waals surface area contributed by atoms with Crippen LogP contribution < -0.4 is 14.8 Å². The Bertz CT molecular complexity index is 923. The molecule has 1 aliphatic heterocycles. The molecule has 1 aromatic heterocycles. The van der Waals surface area contributed by atoms with E-state index in [1.807, 2.05) is 42.5 Å².